The van der Waals surface area contributed by atoms with Gasteiger partial charge in [0, 0.05) is 21.7 Å². The van der Waals surface area contributed by atoms with Gasteiger partial charge in [0.25, 0.3) is 0 Å². The van der Waals surface area contributed by atoms with Crippen LogP contribution < -0.4 is 0 Å². The quantitative estimate of drug-likeness (QED) is 0.511. The van der Waals surface area contributed by atoms with Crippen LogP contribution in [0.25, 0.3) is 0 Å². The molecule has 0 rings (SSSR count). The molecule has 0 aliphatic rings. The molecule has 0 heterocycles. The fraction of sp³-hybridized carbons (Fsp3) is 0. The minimum Gasteiger partial charge on any atom is -0.114 e. The predicted octanol–water partition coefficient (Wildman–Crippen LogP) is -0.298. The molecule has 0 N–H and O–H groups in total. The molecule has 0 fully saturated rings. The number of rotatable bonds is 0. The second kappa shape index (κ2) is 20.7. The summed E-state index contributed by atoms with van der Waals surface area (Å²) >= 11 is 0. The summed E-state index contributed by atoms with van der Waals surface area (Å²) in [5.41, 5.74) is 0. The Morgan fingerprint density at radius 3 is 0.750 bits per heavy atom. The van der Waals surface area contributed by atoms with Gasteiger partial charge in [0.05, 0.1) is 0 Å². The second-order valence-corrected chi connectivity index (χ2v) is 0. The summed E-state index contributed by atoms with van der Waals surface area (Å²) in [6.45, 7) is 0. The van der Waals surface area contributed by atoms with E-state index in [1.54, 1.807) is 0 Å². The molecule has 28 valence electrons. The molecule has 0 nitrogen and oxygen atoms in total. The van der Waals surface area contributed by atoms with E-state index in [1.807, 2.05) is 0 Å². The fourth-order valence-electron chi connectivity index (χ4n) is 0. The van der Waals surface area contributed by atoms with Crippen molar-refractivity contribution in [2.24, 2.45) is 0 Å². The molecular weight excluding hydrogens is 236 g/mol. The van der Waals surface area contributed by atoms with Crippen LogP contribution in [0.4, 0.5) is 0 Å². The van der Waals surface area contributed by atoms with E-state index in [9.17, 15) is 0 Å². The first-order valence-electron chi connectivity index (χ1n) is 0. The van der Waals surface area contributed by atoms with Crippen molar-refractivity contribution in [3.05, 3.63) is 0 Å². The maximum Gasteiger partial charge on any atom is 0 e. The van der Waals surface area contributed by atoms with Gasteiger partial charge in [-0.1, -0.05) is 0 Å². The van der Waals surface area contributed by atoms with Gasteiger partial charge in [0.1, 0.15) is 0 Å². The topological polar surface area (TPSA) is 0 Å². The number of halogens is 2. The average molecular weight is 242 g/mol. The Kier molecular flexibility index (Phi) is 204. The second-order valence-electron chi connectivity index (χ2n) is 0. The van der Waals surface area contributed by atoms with Crippen LogP contribution in [0.5, 0.6) is 0 Å². The van der Waals surface area contributed by atoms with Crippen molar-refractivity contribution < 1.29 is 21.7 Å². The molecule has 0 aromatic carbocycles. The third-order valence-electron chi connectivity index (χ3n) is 0. The third-order valence-corrected chi connectivity index (χ3v) is 0. The van der Waals surface area contributed by atoms with E-state index in [0.29, 0.717) is 0 Å². The van der Waals surface area contributed by atoms with Crippen molar-refractivity contribution in [1.29, 1.82) is 0 Å². The van der Waals surface area contributed by atoms with Crippen LogP contribution in [0.3, 0.4) is 0 Å². The maximum absolute atomic E-state index is 0. The van der Waals surface area contributed by atoms with Crippen LogP contribution >= 0.6 is 34.0 Å². The van der Waals surface area contributed by atoms with Gasteiger partial charge in [0.15, 0.2) is 0 Å². The molecule has 0 atom stereocenters. The summed E-state index contributed by atoms with van der Waals surface area (Å²) in [4.78, 5) is 0. The van der Waals surface area contributed by atoms with Crippen molar-refractivity contribution in [1.82, 2.24) is 0 Å². The molecule has 4 heavy (non-hydrogen) atoms. The van der Waals surface area contributed by atoms with Gasteiger partial charge in [-0.15, -0.1) is 34.0 Å². The van der Waals surface area contributed by atoms with E-state index in [0.717, 1.165) is 0 Å². The molecule has 0 saturated heterocycles. The minimum absolute atomic E-state index is 0. The van der Waals surface area contributed by atoms with E-state index in [2.05, 4.69) is 0 Å². The molecule has 0 bridgehead atoms. The number of hydrogen-bond donors (Lipinski definition) is 0. The van der Waals surface area contributed by atoms with Crippen molar-refractivity contribution in [2.45, 2.75) is 0 Å². The van der Waals surface area contributed by atoms with Crippen molar-refractivity contribution in [2.75, 3.05) is 0 Å². The summed E-state index contributed by atoms with van der Waals surface area (Å²) in [6, 6.07) is 0. The first-order valence-corrected chi connectivity index (χ1v) is 0. The molecule has 0 aromatic rings. The summed E-state index contributed by atoms with van der Waals surface area (Å²) in [5, 5.41) is 0. The zero-order valence-electron chi connectivity index (χ0n) is 1.32. The third kappa shape index (κ3) is 9.09. The SMILES string of the molecule is Br.Br.[SiH4].[Ti]. The normalized spacial score (nSPS) is 0. The molecule has 0 spiro atoms. The largest absolute Gasteiger partial charge is 0.114 e. The predicted molar refractivity (Wildman–Crippen MR) is 32.0 cm³/mol. The first kappa shape index (κ1) is 39.4. The Morgan fingerprint density at radius 1 is 0.750 bits per heavy atom. The minimum atomic E-state index is 0. The van der Waals surface area contributed by atoms with Crippen LogP contribution in [0.15, 0.2) is 0 Å². The van der Waals surface area contributed by atoms with Crippen LogP contribution in [0.2, 0.25) is 0 Å². The van der Waals surface area contributed by atoms with Crippen LogP contribution in [-0.4, -0.2) is 11.0 Å². The smallest absolute Gasteiger partial charge is 0 e. The average Bonchev–Trinajstić information content (AvgIpc) is 0. The van der Waals surface area contributed by atoms with Gasteiger partial charge < -0.3 is 0 Å². The molecule has 0 saturated carbocycles. The van der Waals surface area contributed by atoms with E-state index >= 15 is 0 Å². The summed E-state index contributed by atoms with van der Waals surface area (Å²) in [6.07, 6.45) is 0. The van der Waals surface area contributed by atoms with Gasteiger partial charge in [0.2, 0.25) is 0 Å². The molecule has 0 aromatic heterocycles. The van der Waals surface area contributed by atoms with E-state index in [1.165, 1.54) is 0 Å². The van der Waals surface area contributed by atoms with Crippen LogP contribution in [0.1, 0.15) is 0 Å². The molecule has 0 unspecified atom stereocenters. The fourth-order valence-corrected chi connectivity index (χ4v) is 0. The molecule has 4 heteroatoms. The van der Waals surface area contributed by atoms with Crippen LogP contribution in [0, 0.1) is 0 Å². The Bertz CT molecular complexity index is 6.00. The zero-order chi connectivity index (χ0) is 0. The molecule has 0 radical (unpaired) electrons. The molecular formula is H6Br2SiTi. The summed E-state index contributed by atoms with van der Waals surface area (Å²) in [5.74, 6) is 0. The molecule has 0 amide bonds. The van der Waals surface area contributed by atoms with Gasteiger partial charge >= 0.3 is 0 Å². The van der Waals surface area contributed by atoms with E-state index in [4.69, 9.17) is 0 Å². The van der Waals surface area contributed by atoms with Crippen LogP contribution in [-0.2, 0) is 21.7 Å². The Balaban J connectivity index is 0. The van der Waals surface area contributed by atoms with Gasteiger partial charge in [-0.2, -0.15) is 0 Å². The maximum atomic E-state index is 0. The van der Waals surface area contributed by atoms with Crippen molar-refractivity contribution in [3.63, 3.8) is 0 Å². The van der Waals surface area contributed by atoms with Crippen molar-refractivity contribution in [3.8, 4) is 0 Å². The van der Waals surface area contributed by atoms with Gasteiger partial charge in [-0.05, 0) is 11.0 Å². The summed E-state index contributed by atoms with van der Waals surface area (Å²) in [7, 11) is 0. The monoisotopic (exact) mass is 240 g/mol. The Morgan fingerprint density at radius 2 is 0.750 bits per heavy atom. The standard InChI is InChI=1S/2BrH.H4Si.Ti/h2*1H;1H4;. The van der Waals surface area contributed by atoms with Gasteiger partial charge in [-0.25, -0.2) is 0 Å². The van der Waals surface area contributed by atoms with E-state index < -0.39 is 0 Å². The Labute approximate surface area is 66.2 Å². The van der Waals surface area contributed by atoms with Gasteiger partial charge in [-0.3, -0.25) is 0 Å². The van der Waals surface area contributed by atoms with Crippen molar-refractivity contribution >= 4 is 44.9 Å². The zero-order valence-corrected chi connectivity index (χ0v) is 6.30. The Hall–Kier alpha value is 1.89. The van der Waals surface area contributed by atoms with E-state index in [-0.39, 0.29) is 66.6 Å². The number of hydrogen-bond acceptors (Lipinski definition) is 0. The molecule has 0 aliphatic carbocycles. The molecule has 0 aliphatic heterocycles. The first-order chi connectivity index (χ1) is 0. The summed E-state index contributed by atoms with van der Waals surface area (Å²) < 4.78 is 0.